The summed E-state index contributed by atoms with van der Waals surface area (Å²) in [6.07, 6.45) is -9.63. The van der Waals surface area contributed by atoms with Gasteiger partial charge in [-0.3, -0.25) is 14.5 Å². The highest BCUT2D eigenvalue weighted by atomic mass is 19.4. The van der Waals surface area contributed by atoms with Crippen LogP contribution in [0.25, 0.3) is 0 Å². The fourth-order valence-corrected chi connectivity index (χ4v) is 6.38. The lowest BCUT2D eigenvalue weighted by molar-refractivity contribution is -0.144. The van der Waals surface area contributed by atoms with Crippen LogP contribution in [0.1, 0.15) is 67.9 Å². The number of piperidine rings is 1. The van der Waals surface area contributed by atoms with E-state index in [-0.39, 0.29) is 29.9 Å². The first-order valence-corrected chi connectivity index (χ1v) is 14.6. The molecule has 2 aromatic rings. The van der Waals surface area contributed by atoms with E-state index >= 15 is 0 Å². The number of benzene rings is 2. The van der Waals surface area contributed by atoms with E-state index in [1.54, 1.807) is 17.9 Å². The zero-order chi connectivity index (χ0) is 32.9. The number of hydrogen-bond acceptors (Lipinski definition) is 3. The van der Waals surface area contributed by atoms with Crippen LogP contribution < -0.4 is 0 Å². The van der Waals surface area contributed by atoms with Gasteiger partial charge in [0, 0.05) is 57.1 Å². The molecule has 2 aliphatic rings. The van der Waals surface area contributed by atoms with Crippen molar-refractivity contribution in [3.05, 3.63) is 70.0 Å². The molecule has 44 heavy (non-hydrogen) atoms. The fraction of sp³-hybridized carbons (Fsp3) is 0.562. The Morgan fingerprint density at radius 1 is 0.886 bits per heavy atom. The molecule has 0 spiro atoms. The van der Waals surface area contributed by atoms with E-state index in [4.69, 9.17) is 0 Å². The molecule has 2 amide bonds. The van der Waals surface area contributed by atoms with Gasteiger partial charge in [-0.15, -0.1) is 0 Å². The van der Waals surface area contributed by atoms with Crippen LogP contribution in [0.5, 0.6) is 0 Å². The Balaban J connectivity index is 1.65. The number of alkyl halides is 6. The van der Waals surface area contributed by atoms with Crippen molar-refractivity contribution in [2.45, 2.75) is 76.8 Å². The Morgan fingerprint density at radius 3 is 1.93 bits per heavy atom. The van der Waals surface area contributed by atoms with E-state index in [2.05, 4.69) is 4.90 Å². The average Bonchev–Trinajstić information content (AvgIpc) is 2.90. The molecule has 0 unspecified atom stereocenters. The van der Waals surface area contributed by atoms with E-state index in [0.717, 1.165) is 5.56 Å². The Bertz CT molecular complexity index is 1360. The van der Waals surface area contributed by atoms with Crippen molar-refractivity contribution in [1.29, 1.82) is 0 Å². The highest BCUT2D eigenvalue weighted by molar-refractivity contribution is 5.87. The van der Waals surface area contributed by atoms with E-state index in [9.17, 15) is 40.3 Å². The van der Waals surface area contributed by atoms with Crippen molar-refractivity contribution in [2.75, 3.05) is 33.2 Å². The highest BCUT2D eigenvalue weighted by Gasteiger charge is 2.45. The van der Waals surface area contributed by atoms with Gasteiger partial charge < -0.3 is 9.80 Å². The minimum absolute atomic E-state index is 0.0488. The molecule has 0 N–H and O–H groups in total. The van der Waals surface area contributed by atoms with E-state index in [0.29, 0.717) is 50.3 Å². The summed E-state index contributed by atoms with van der Waals surface area (Å²) in [4.78, 5) is 31.9. The Kier molecular flexibility index (Phi) is 9.19. The van der Waals surface area contributed by atoms with Gasteiger partial charge in [-0.05, 0) is 74.2 Å². The summed E-state index contributed by atoms with van der Waals surface area (Å²) in [5.41, 5.74) is -3.63. The largest absolute Gasteiger partial charge is 0.416 e. The maximum atomic E-state index is 14.1. The summed E-state index contributed by atoms with van der Waals surface area (Å²) in [6, 6.07) is 5.27. The first kappa shape index (κ1) is 33.7. The number of amides is 2. The van der Waals surface area contributed by atoms with Crippen LogP contribution in [0.15, 0.2) is 36.4 Å². The van der Waals surface area contributed by atoms with Crippen molar-refractivity contribution in [1.82, 2.24) is 14.7 Å². The van der Waals surface area contributed by atoms with E-state index < -0.39 is 52.2 Å². The number of hydrogen-bond donors (Lipinski definition) is 0. The van der Waals surface area contributed by atoms with Crippen LogP contribution in [0.4, 0.5) is 30.7 Å². The van der Waals surface area contributed by atoms with Crippen molar-refractivity contribution in [3.8, 4) is 0 Å². The van der Waals surface area contributed by atoms with Crippen LogP contribution in [0.2, 0.25) is 0 Å². The number of halogens is 7. The molecule has 12 heteroatoms. The van der Waals surface area contributed by atoms with Crippen LogP contribution in [-0.4, -0.2) is 71.8 Å². The monoisotopic (exact) mass is 629 g/mol. The molecule has 242 valence electrons. The summed E-state index contributed by atoms with van der Waals surface area (Å²) >= 11 is 0. The molecule has 2 fully saturated rings. The lowest BCUT2D eigenvalue weighted by atomic mass is 9.78. The Labute approximate surface area is 253 Å². The molecule has 0 aromatic heterocycles. The molecule has 2 heterocycles. The molecular formula is C32H38F7N3O2. The second-order valence-corrected chi connectivity index (χ2v) is 12.8. The maximum absolute atomic E-state index is 14.1. The first-order chi connectivity index (χ1) is 20.2. The molecule has 2 aliphatic heterocycles. The number of carbonyl (C=O) groups excluding carboxylic acids is 2. The van der Waals surface area contributed by atoms with Gasteiger partial charge in [0.15, 0.2) is 0 Å². The van der Waals surface area contributed by atoms with Gasteiger partial charge >= 0.3 is 12.4 Å². The zero-order valence-electron chi connectivity index (χ0n) is 25.6. The van der Waals surface area contributed by atoms with E-state index in [1.807, 2.05) is 13.8 Å². The predicted octanol–water partition coefficient (Wildman–Crippen LogP) is 6.63. The van der Waals surface area contributed by atoms with Gasteiger partial charge in [0.2, 0.25) is 11.8 Å². The summed E-state index contributed by atoms with van der Waals surface area (Å²) in [5, 5.41) is 0. The number of nitrogens with zero attached hydrogens (tertiary/aromatic N) is 3. The summed E-state index contributed by atoms with van der Waals surface area (Å²) in [6.45, 7) is 10.3. The molecule has 2 saturated heterocycles. The maximum Gasteiger partial charge on any atom is 0.416 e. The number of likely N-dealkylation sites (N-methyl/N-ethyl adjacent to an activating group) is 1. The smallest absolute Gasteiger partial charge is 0.341 e. The SMILES string of the molecule is Cc1cc(F)ccc1[C@H]1CN(C2CN(C(=O)C(C)C)C2)CC[C@@H]1N(C)C(=O)C(C)(C)c1cc(C(F)(F)F)cc(C(F)(F)F)c1. The van der Waals surface area contributed by atoms with Crippen molar-refractivity contribution in [3.63, 3.8) is 0 Å². The summed E-state index contributed by atoms with van der Waals surface area (Å²) in [7, 11) is 1.51. The quantitative estimate of drug-likeness (QED) is 0.337. The topological polar surface area (TPSA) is 43.9 Å². The molecule has 0 bridgehead atoms. The number of rotatable bonds is 6. The van der Waals surface area contributed by atoms with Gasteiger partial charge in [-0.2, -0.15) is 26.3 Å². The molecule has 2 aromatic carbocycles. The highest BCUT2D eigenvalue weighted by Crippen LogP contribution is 2.41. The first-order valence-electron chi connectivity index (χ1n) is 14.6. The lowest BCUT2D eigenvalue weighted by Gasteiger charge is -2.51. The molecule has 0 saturated carbocycles. The summed E-state index contributed by atoms with van der Waals surface area (Å²) in [5.74, 6) is -1.43. The predicted molar refractivity (Wildman–Crippen MR) is 151 cm³/mol. The minimum atomic E-state index is -5.05. The lowest BCUT2D eigenvalue weighted by Crippen LogP contribution is -2.65. The average molecular weight is 630 g/mol. The van der Waals surface area contributed by atoms with Crippen LogP contribution in [0, 0.1) is 18.7 Å². The molecule has 5 nitrogen and oxygen atoms in total. The fourth-order valence-electron chi connectivity index (χ4n) is 6.38. The van der Waals surface area contributed by atoms with Gasteiger partial charge in [-0.1, -0.05) is 19.9 Å². The van der Waals surface area contributed by atoms with Gasteiger partial charge in [0.25, 0.3) is 0 Å². The Hall–Kier alpha value is -3.15. The van der Waals surface area contributed by atoms with Gasteiger partial charge in [-0.25, -0.2) is 4.39 Å². The Morgan fingerprint density at radius 2 is 1.43 bits per heavy atom. The standard InChI is InChI=1S/C32H38F7N3O2/c1-18(2)28(43)42-15-24(16-42)41-10-9-27(26(17-41)25-8-7-23(33)11-19(25)3)40(6)29(44)30(4,5)20-12-21(31(34,35)36)14-22(13-20)32(37,38)39/h7-8,11-14,18,24,26-27H,9-10,15-17H2,1-6H3/t26-,27+/m1/s1. The third-order valence-corrected chi connectivity index (χ3v) is 9.09. The molecule has 2 atom stereocenters. The number of carbonyl (C=O) groups is 2. The third-order valence-electron chi connectivity index (χ3n) is 9.09. The zero-order valence-corrected chi connectivity index (χ0v) is 25.6. The molecular weight excluding hydrogens is 591 g/mol. The minimum Gasteiger partial charge on any atom is -0.341 e. The molecule has 0 radical (unpaired) electrons. The number of likely N-dealkylation sites (tertiary alicyclic amines) is 2. The van der Waals surface area contributed by atoms with Crippen LogP contribution >= 0.6 is 0 Å². The normalized spacial score (nSPS) is 20.5. The molecule has 4 rings (SSSR count). The van der Waals surface area contributed by atoms with Crippen LogP contribution in [0.3, 0.4) is 0 Å². The van der Waals surface area contributed by atoms with Crippen LogP contribution in [-0.2, 0) is 27.4 Å². The second kappa shape index (κ2) is 12.0. The van der Waals surface area contributed by atoms with Crippen molar-refractivity contribution >= 4 is 11.8 Å². The van der Waals surface area contributed by atoms with Crippen molar-refractivity contribution in [2.24, 2.45) is 5.92 Å². The van der Waals surface area contributed by atoms with Gasteiger partial charge in [0.05, 0.1) is 16.5 Å². The van der Waals surface area contributed by atoms with E-state index in [1.165, 1.54) is 37.9 Å². The summed E-state index contributed by atoms with van der Waals surface area (Å²) < 4.78 is 95.7. The van der Waals surface area contributed by atoms with Crippen molar-refractivity contribution < 1.29 is 40.3 Å². The second-order valence-electron chi connectivity index (χ2n) is 12.8. The number of aryl methyl sites for hydroxylation is 1. The molecule has 0 aliphatic carbocycles. The third kappa shape index (κ3) is 6.74. The van der Waals surface area contributed by atoms with Gasteiger partial charge in [0.1, 0.15) is 5.82 Å².